The lowest BCUT2D eigenvalue weighted by atomic mass is 9.94. The van der Waals surface area contributed by atoms with Gasteiger partial charge in [0.15, 0.2) is 0 Å². The summed E-state index contributed by atoms with van der Waals surface area (Å²) in [5, 5.41) is 9.06. The number of hydrogen-bond donors (Lipinski definition) is 1. The van der Waals surface area contributed by atoms with Gasteiger partial charge < -0.3 is 14.6 Å². The number of carbonyl (C=O) groups is 2. The molecule has 0 aliphatic carbocycles. The van der Waals surface area contributed by atoms with Crippen LogP contribution in [0.25, 0.3) is 0 Å². The molecule has 0 radical (unpaired) electrons. The normalized spacial score (nSPS) is 22.5. The van der Waals surface area contributed by atoms with E-state index in [2.05, 4.69) is 0 Å². The maximum atomic E-state index is 11.5. The molecular weight excluding hydrogens is 212 g/mol. The lowest BCUT2D eigenvalue weighted by molar-refractivity contribution is -0.156. The van der Waals surface area contributed by atoms with E-state index in [0.717, 1.165) is 0 Å². The Morgan fingerprint density at radius 3 is 2.75 bits per heavy atom. The van der Waals surface area contributed by atoms with E-state index < -0.39 is 17.5 Å². The van der Waals surface area contributed by atoms with Gasteiger partial charge in [-0.1, -0.05) is 0 Å². The lowest BCUT2D eigenvalue weighted by Crippen LogP contribution is -2.32. The lowest BCUT2D eigenvalue weighted by Gasteiger charge is -2.17. The summed E-state index contributed by atoms with van der Waals surface area (Å²) in [6, 6.07) is 4.61. The number of carboxylic acid groups (broad SMARTS) is 1. The monoisotopic (exact) mass is 222 g/mol. The van der Waals surface area contributed by atoms with Crippen LogP contribution >= 0.6 is 0 Å². The summed E-state index contributed by atoms with van der Waals surface area (Å²) in [6.07, 6.45) is 0. The Bertz CT molecular complexity index is 479. The highest BCUT2D eigenvalue weighted by molar-refractivity contribution is 6.00. The summed E-state index contributed by atoms with van der Waals surface area (Å²) in [4.78, 5) is 22.6. The molecule has 5 nitrogen and oxygen atoms in total. The largest absolute Gasteiger partial charge is 0.497 e. The van der Waals surface area contributed by atoms with Crippen LogP contribution in [0.5, 0.6) is 5.75 Å². The molecule has 0 aromatic heterocycles. The van der Waals surface area contributed by atoms with Crippen LogP contribution in [-0.2, 0) is 15.1 Å². The van der Waals surface area contributed by atoms with Crippen molar-refractivity contribution in [3.8, 4) is 5.75 Å². The van der Waals surface area contributed by atoms with Crippen molar-refractivity contribution in [3.05, 3.63) is 29.3 Å². The zero-order valence-electron chi connectivity index (χ0n) is 8.81. The van der Waals surface area contributed by atoms with Gasteiger partial charge in [0.25, 0.3) is 0 Å². The van der Waals surface area contributed by atoms with Crippen LogP contribution in [0, 0.1) is 0 Å². The second-order valence-electron chi connectivity index (χ2n) is 3.64. The van der Waals surface area contributed by atoms with Crippen molar-refractivity contribution in [3.63, 3.8) is 0 Å². The SMILES string of the molecule is COc1ccc2c(c1)C(=O)OC2(C)C(=O)O. The zero-order chi connectivity index (χ0) is 11.9. The minimum absolute atomic E-state index is 0.240. The standard InChI is InChI=1S/C11H10O5/c1-11(10(13)14)8-4-3-6(15-2)5-7(8)9(12)16-11/h3-5H,1-2H3,(H,13,14). The van der Waals surface area contributed by atoms with Crippen LogP contribution in [-0.4, -0.2) is 24.2 Å². The summed E-state index contributed by atoms with van der Waals surface area (Å²) in [5.74, 6) is -1.34. The first-order valence-electron chi connectivity index (χ1n) is 4.64. The number of aliphatic carboxylic acids is 1. The number of hydrogen-bond acceptors (Lipinski definition) is 4. The van der Waals surface area contributed by atoms with Crippen molar-refractivity contribution in [1.82, 2.24) is 0 Å². The van der Waals surface area contributed by atoms with Gasteiger partial charge in [0, 0.05) is 5.56 Å². The molecule has 1 atom stereocenters. The number of carbonyl (C=O) groups excluding carboxylic acids is 1. The van der Waals surface area contributed by atoms with E-state index in [0.29, 0.717) is 11.3 Å². The molecule has 1 heterocycles. The van der Waals surface area contributed by atoms with Crippen LogP contribution in [0.1, 0.15) is 22.8 Å². The third-order valence-corrected chi connectivity index (χ3v) is 2.67. The minimum atomic E-state index is -1.60. The number of methoxy groups -OCH3 is 1. The van der Waals surface area contributed by atoms with Crippen molar-refractivity contribution in [1.29, 1.82) is 0 Å². The molecule has 0 saturated heterocycles. The van der Waals surface area contributed by atoms with Gasteiger partial charge in [-0.25, -0.2) is 9.59 Å². The quantitative estimate of drug-likeness (QED) is 0.760. The molecule has 1 aliphatic heterocycles. The van der Waals surface area contributed by atoms with Crippen LogP contribution in [0.4, 0.5) is 0 Å². The summed E-state index contributed by atoms with van der Waals surface area (Å²) in [6.45, 7) is 1.35. The van der Waals surface area contributed by atoms with Gasteiger partial charge in [-0.3, -0.25) is 0 Å². The molecule has 16 heavy (non-hydrogen) atoms. The Labute approximate surface area is 91.6 Å². The molecular formula is C11H10O5. The number of fused-ring (bicyclic) bond motifs is 1. The third kappa shape index (κ3) is 1.25. The van der Waals surface area contributed by atoms with Crippen LogP contribution in [0.15, 0.2) is 18.2 Å². The molecule has 2 rings (SSSR count). The van der Waals surface area contributed by atoms with E-state index in [-0.39, 0.29) is 5.56 Å². The maximum absolute atomic E-state index is 11.5. The van der Waals surface area contributed by atoms with Crippen molar-refractivity contribution < 1.29 is 24.2 Å². The molecule has 1 aromatic rings. The van der Waals surface area contributed by atoms with Crippen molar-refractivity contribution >= 4 is 11.9 Å². The molecule has 0 bridgehead atoms. The minimum Gasteiger partial charge on any atom is -0.497 e. The Kier molecular flexibility index (Phi) is 2.11. The van der Waals surface area contributed by atoms with Gasteiger partial charge in [-0.05, 0) is 25.1 Å². The van der Waals surface area contributed by atoms with E-state index in [1.807, 2.05) is 0 Å². The predicted molar refractivity (Wildman–Crippen MR) is 53.4 cm³/mol. The van der Waals surface area contributed by atoms with Crippen LogP contribution in [0.2, 0.25) is 0 Å². The van der Waals surface area contributed by atoms with Gasteiger partial charge in [0.05, 0.1) is 12.7 Å². The topological polar surface area (TPSA) is 72.8 Å². The highest BCUT2D eigenvalue weighted by Gasteiger charge is 2.48. The van der Waals surface area contributed by atoms with Crippen molar-refractivity contribution in [2.24, 2.45) is 0 Å². The van der Waals surface area contributed by atoms with Crippen molar-refractivity contribution in [2.45, 2.75) is 12.5 Å². The molecule has 0 fully saturated rings. The van der Waals surface area contributed by atoms with Gasteiger partial charge in [0.1, 0.15) is 5.75 Å². The fourth-order valence-electron chi connectivity index (χ4n) is 1.69. The Morgan fingerprint density at radius 1 is 1.50 bits per heavy atom. The Balaban J connectivity index is 2.60. The highest BCUT2D eigenvalue weighted by atomic mass is 16.6. The first-order chi connectivity index (χ1) is 7.49. The average Bonchev–Trinajstić information content (AvgIpc) is 2.52. The van der Waals surface area contributed by atoms with E-state index in [9.17, 15) is 9.59 Å². The molecule has 1 aliphatic rings. The first-order valence-corrected chi connectivity index (χ1v) is 4.64. The van der Waals surface area contributed by atoms with E-state index in [4.69, 9.17) is 14.6 Å². The fourth-order valence-corrected chi connectivity index (χ4v) is 1.69. The number of carboxylic acids is 1. The van der Waals surface area contributed by atoms with Gasteiger partial charge in [-0.15, -0.1) is 0 Å². The predicted octanol–water partition coefficient (Wildman–Crippen LogP) is 1.17. The van der Waals surface area contributed by atoms with Gasteiger partial charge in [-0.2, -0.15) is 0 Å². The van der Waals surface area contributed by atoms with E-state index in [1.54, 1.807) is 6.07 Å². The second-order valence-corrected chi connectivity index (χ2v) is 3.64. The van der Waals surface area contributed by atoms with Gasteiger partial charge in [0.2, 0.25) is 5.60 Å². The van der Waals surface area contributed by atoms with E-state index >= 15 is 0 Å². The van der Waals surface area contributed by atoms with E-state index in [1.165, 1.54) is 26.2 Å². The van der Waals surface area contributed by atoms with Crippen molar-refractivity contribution in [2.75, 3.05) is 7.11 Å². The number of esters is 1. The molecule has 1 unspecified atom stereocenters. The fraction of sp³-hybridized carbons (Fsp3) is 0.273. The molecule has 1 N–H and O–H groups in total. The molecule has 0 saturated carbocycles. The molecule has 5 heteroatoms. The first kappa shape index (κ1) is 10.5. The second kappa shape index (κ2) is 3.23. The molecule has 84 valence electrons. The zero-order valence-corrected chi connectivity index (χ0v) is 8.81. The summed E-state index contributed by atoms with van der Waals surface area (Å²) >= 11 is 0. The average molecular weight is 222 g/mol. The summed E-state index contributed by atoms with van der Waals surface area (Å²) < 4.78 is 9.85. The smallest absolute Gasteiger partial charge is 0.352 e. The Morgan fingerprint density at radius 2 is 2.19 bits per heavy atom. The molecule has 1 aromatic carbocycles. The van der Waals surface area contributed by atoms with Crippen LogP contribution in [0.3, 0.4) is 0 Å². The number of rotatable bonds is 2. The number of ether oxygens (including phenoxy) is 2. The number of benzene rings is 1. The Hall–Kier alpha value is -2.04. The third-order valence-electron chi connectivity index (χ3n) is 2.67. The highest BCUT2D eigenvalue weighted by Crippen LogP contribution is 2.38. The molecule has 0 spiro atoms. The summed E-state index contributed by atoms with van der Waals surface area (Å²) in [5.41, 5.74) is -1.01. The van der Waals surface area contributed by atoms with Gasteiger partial charge >= 0.3 is 11.9 Å². The molecule has 0 amide bonds. The summed E-state index contributed by atoms with van der Waals surface area (Å²) in [7, 11) is 1.47. The maximum Gasteiger partial charge on any atom is 0.352 e. The van der Waals surface area contributed by atoms with Crippen LogP contribution < -0.4 is 4.74 Å². The number of cyclic esters (lactones) is 1.